The van der Waals surface area contributed by atoms with E-state index in [0.29, 0.717) is 29.4 Å². The number of anilines is 3. The molecule has 2 N–H and O–H groups in total. The fourth-order valence-electron chi connectivity index (χ4n) is 4.52. The van der Waals surface area contributed by atoms with Gasteiger partial charge in [-0.1, -0.05) is 44.2 Å². The summed E-state index contributed by atoms with van der Waals surface area (Å²) in [7, 11) is 0. The molecule has 1 aromatic heterocycles. The topological polar surface area (TPSA) is 56.3 Å². The first-order valence-corrected chi connectivity index (χ1v) is 12.0. The molecule has 2 atom stereocenters. The highest BCUT2D eigenvalue weighted by Gasteiger charge is 2.23. The summed E-state index contributed by atoms with van der Waals surface area (Å²) in [5, 5.41) is 7.06. The molecule has 0 saturated carbocycles. The minimum atomic E-state index is 0.547. The Labute approximate surface area is 191 Å². The van der Waals surface area contributed by atoms with Crippen molar-refractivity contribution in [1.82, 2.24) is 15.3 Å². The lowest BCUT2D eigenvalue weighted by Crippen LogP contribution is -2.37. The monoisotopic (exact) mass is 438 g/mol. The van der Waals surface area contributed by atoms with E-state index in [9.17, 15) is 0 Å². The van der Waals surface area contributed by atoms with Crippen LogP contribution in [0.1, 0.15) is 45.1 Å². The fourth-order valence-corrected chi connectivity index (χ4v) is 4.68. The van der Waals surface area contributed by atoms with Crippen LogP contribution in [0.2, 0.25) is 0 Å². The van der Waals surface area contributed by atoms with Crippen LogP contribution in [0.4, 0.5) is 17.6 Å². The van der Waals surface area contributed by atoms with Crippen LogP contribution in [0.5, 0.6) is 0 Å². The van der Waals surface area contributed by atoms with Crippen molar-refractivity contribution >= 4 is 34.9 Å². The first-order valence-electron chi connectivity index (χ1n) is 11.5. The van der Waals surface area contributed by atoms with Gasteiger partial charge in [0.2, 0.25) is 5.95 Å². The summed E-state index contributed by atoms with van der Waals surface area (Å²) in [4.78, 5) is 14.5. The summed E-state index contributed by atoms with van der Waals surface area (Å²) in [6.45, 7) is 9.50. The molecule has 2 unspecified atom stereocenters. The van der Waals surface area contributed by atoms with Crippen molar-refractivity contribution in [3.05, 3.63) is 42.0 Å². The van der Waals surface area contributed by atoms with Gasteiger partial charge in [0.05, 0.1) is 0 Å². The molecule has 1 aromatic carbocycles. The molecular weight excluding hydrogens is 404 g/mol. The molecule has 3 heterocycles. The molecule has 7 heteroatoms. The van der Waals surface area contributed by atoms with Crippen molar-refractivity contribution in [2.75, 3.05) is 41.3 Å². The first-order chi connectivity index (χ1) is 15.1. The largest absolute Gasteiger partial charge is 0.358 e. The number of hydrogen-bond acceptors (Lipinski definition) is 5. The maximum atomic E-state index is 5.54. The van der Waals surface area contributed by atoms with Gasteiger partial charge in [-0.2, -0.15) is 9.97 Å². The van der Waals surface area contributed by atoms with E-state index in [0.717, 1.165) is 37.8 Å². The van der Waals surface area contributed by atoms with Crippen LogP contribution in [0.25, 0.3) is 0 Å². The summed E-state index contributed by atoms with van der Waals surface area (Å²) in [6, 6.07) is 12.4. The minimum Gasteiger partial charge on any atom is -0.358 e. The first kappa shape index (κ1) is 21.8. The Hall–Kier alpha value is -2.41. The van der Waals surface area contributed by atoms with E-state index in [-0.39, 0.29) is 0 Å². The number of hydrogen-bond donors (Lipinski definition) is 2. The van der Waals surface area contributed by atoms with Gasteiger partial charge in [0.25, 0.3) is 0 Å². The second-order valence-corrected chi connectivity index (χ2v) is 9.50. The van der Waals surface area contributed by atoms with Crippen LogP contribution in [0.3, 0.4) is 0 Å². The molecule has 2 aliphatic rings. The lowest BCUT2D eigenvalue weighted by molar-refractivity contribution is 0.441. The molecule has 2 saturated heterocycles. The summed E-state index contributed by atoms with van der Waals surface area (Å²) >= 11 is 5.54. The van der Waals surface area contributed by atoms with Gasteiger partial charge in [-0.3, -0.25) is 0 Å². The van der Waals surface area contributed by atoms with E-state index in [1.54, 1.807) is 0 Å². The summed E-state index contributed by atoms with van der Waals surface area (Å²) in [5.74, 6) is 3.96. The molecule has 0 radical (unpaired) electrons. The predicted molar refractivity (Wildman–Crippen MR) is 133 cm³/mol. The minimum absolute atomic E-state index is 0.547. The molecule has 2 fully saturated rings. The van der Waals surface area contributed by atoms with Gasteiger partial charge in [0.1, 0.15) is 11.6 Å². The number of nitrogens with one attached hydrogen (secondary N) is 2. The number of thiocarbonyl (C=S) groups is 1. The van der Waals surface area contributed by atoms with Gasteiger partial charge in [0.15, 0.2) is 5.11 Å². The quantitative estimate of drug-likeness (QED) is 0.670. The second-order valence-electron chi connectivity index (χ2n) is 9.09. The second kappa shape index (κ2) is 10.3. The summed E-state index contributed by atoms with van der Waals surface area (Å²) in [5.41, 5.74) is 1.19. The fraction of sp³-hybridized carbons (Fsp3) is 0.542. The standard InChI is InChI=1S/C24H34N6S/c1-18-8-6-12-29(16-18)21-14-22(30-13-7-9-19(2)17-30)27-23(26-21)28-24(31)25-15-20-10-4-3-5-11-20/h3-5,10-11,14,18-19H,6-9,12-13,15-17H2,1-2H3,(H2,25,26,27,28,31). The molecule has 0 aliphatic carbocycles. The summed E-state index contributed by atoms with van der Waals surface area (Å²) in [6.07, 6.45) is 5.00. The van der Waals surface area contributed by atoms with Crippen LogP contribution >= 0.6 is 12.2 Å². The third-order valence-corrected chi connectivity index (χ3v) is 6.43. The zero-order valence-electron chi connectivity index (χ0n) is 18.7. The Kier molecular flexibility index (Phi) is 7.22. The predicted octanol–water partition coefficient (Wildman–Crippen LogP) is 4.44. The van der Waals surface area contributed by atoms with Gasteiger partial charge in [-0.25, -0.2) is 0 Å². The van der Waals surface area contributed by atoms with Gasteiger partial charge in [0, 0.05) is 38.8 Å². The van der Waals surface area contributed by atoms with Crippen molar-refractivity contribution in [3.63, 3.8) is 0 Å². The van der Waals surface area contributed by atoms with Crippen LogP contribution in [0.15, 0.2) is 36.4 Å². The molecule has 4 rings (SSSR count). The Bertz CT molecular complexity index is 833. The smallest absolute Gasteiger partial charge is 0.232 e. The van der Waals surface area contributed by atoms with E-state index in [2.05, 4.69) is 52.5 Å². The van der Waals surface area contributed by atoms with Gasteiger partial charge in [-0.05, 0) is 55.3 Å². The lowest BCUT2D eigenvalue weighted by Gasteiger charge is -2.35. The van der Waals surface area contributed by atoms with E-state index in [1.807, 2.05) is 18.2 Å². The van der Waals surface area contributed by atoms with Crippen LogP contribution < -0.4 is 20.4 Å². The number of nitrogens with zero attached hydrogens (tertiary/aromatic N) is 4. The van der Waals surface area contributed by atoms with Crippen LogP contribution in [-0.2, 0) is 6.54 Å². The van der Waals surface area contributed by atoms with Crippen molar-refractivity contribution < 1.29 is 0 Å². The lowest BCUT2D eigenvalue weighted by atomic mass is 10.00. The van der Waals surface area contributed by atoms with Crippen LogP contribution in [0, 0.1) is 11.8 Å². The molecule has 0 bridgehead atoms. The van der Waals surface area contributed by atoms with E-state index in [4.69, 9.17) is 22.2 Å². The molecule has 6 nitrogen and oxygen atoms in total. The number of rotatable bonds is 5. The highest BCUT2D eigenvalue weighted by molar-refractivity contribution is 7.80. The van der Waals surface area contributed by atoms with Crippen LogP contribution in [-0.4, -0.2) is 41.3 Å². The van der Waals surface area contributed by atoms with E-state index < -0.39 is 0 Å². The summed E-state index contributed by atoms with van der Waals surface area (Å²) < 4.78 is 0. The van der Waals surface area contributed by atoms with Crippen molar-refractivity contribution in [2.24, 2.45) is 11.8 Å². The highest BCUT2D eigenvalue weighted by Crippen LogP contribution is 2.28. The molecule has 2 aromatic rings. The third kappa shape index (κ3) is 6.06. The third-order valence-electron chi connectivity index (χ3n) is 6.18. The molecule has 166 valence electrons. The molecule has 0 spiro atoms. The average molecular weight is 439 g/mol. The Morgan fingerprint density at radius 3 is 2.10 bits per heavy atom. The zero-order valence-corrected chi connectivity index (χ0v) is 19.5. The number of benzene rings is 1. The SMILES string of the molecule is CC1CCCN(c2cc(N3CCCC(C)C3)nc(NC(=S)NCc3ccccc3)n2)C1. The Morgan fingerprint density at radius 1 is 0.968 bits per heavy atom. The normalized spacial score (nSPS) is 21.6. The van der Waals surface area contributed by atoms with Gasteiger partial charge in [-0.15, -0.1) is 0 Å². The Balaban J connectivity index is 1.51. The van der Waals surface area contributed by atoms with Crippen molar-refractivity contribution in [3.8, 4) is 0 Å². The average Bonchev–Trinajstić information content (AvgIpc) is 2.78. The van der Waals surface area contributed by atoms with Gasteiger partial charge < -0.3 is 20.4 Å². The van der Waals surface area contributed by atoms with Crippen molar-refractivity contribution in [2.45, 2.75) is 46.1 Å². The van der Waals surface area contributed by atoms with Gasteiger partial charge >= 0.3 is 0 Å². The number of piperidine rings is 2. The molecule has 2 aliphatic heterocycles. The maximum absolute atomic E-state index is 5.54. The molecule has 31 heavy (non-hydrogen) atoms. The van der Waals surface area contributed by atoms with E-state index in [1.165, 1.54) is 31.2 Å². The number of aromatic nitrogens is 2. The highest BCUT2D eigenvalue weighted by atomic mass is 32.1. The molecular formula is C24H34N6S. The maximum Gasteiger partial charge on any atom is 0.232 e. The van der Waals surface area contributed by atoms with E-state index >= 15 is 0 Å². The Morgan fingerprint density at radius 2 is 1.55 bits per heavy atom. The van der Waals surface area contributed by atoms with Crippen molar-refractivity contribution in [1.29, 1.82) is 0 Å². The zero-order chi connectivity index (χ0) is 21.6. The molecule has 0 amide bonds.